The Morgan fingerprint density at radius 2 is 0.864 bits per heavy atom. The quantitative estimate of drug-likeness (QED) is 0.479. The van der Waals surface area contributed by atoms with E-state index in [1.54, 1.807) is 0 Å². The highest BCUT2D eigenvalue weighted by Crippen LogP contribution is 2.35. The maximum Gasteiger partial charge on any atom is 0.00111 e. The first-order valence-corrected chi connectivity index (χ1v) is 7.30. The van der Waals surface area contributed by atoms with Crippen molar-refractivity contribution in [2.24, 2.45) is 10.8 Å². The summed E-state index contributed by atoms with van der Waals surface area (Å²) in [5.74, 6) is 0. The molecule has 0 amide bonds. The van der Waals surface area contributed by atoms with Crippen LogP contribution in [0, 0.1) is 10.8 Å². The van der Waals surface area contributed by atoms with E-state index < -0.39 is 0 Å². The van der Waals surface area contributed by atoms with E-state index in [1.165, 1.54) is 22.3 Å². The summed E-state index contributed by atoms with van der Waals surface area (Å²) in [7, 11) is 0. The van der Waals surface area contributed by atoms with Crippen LogP contribution in [0.3, 0.4) is 0 Å². The van der Waals surface area contributed by atoms with Crippen molar-refractivity contribution in [1.29, 1.82) is 0 Å². The molecular formula is C22H30. The van der Waals surface area contributed by atoms with Gasteiger partial charge in [-0.25, -0.2) is 0 Å². The van der Waals surface area contributed by atoms with Gasteiger partial charge in [-0.2, -0.15) is 0 Å². The molecule has 22 heavy (non-hydrogen) atoms. The van der Waals surface area contributed by atoms with Crippen molar-refractivity contribution >= 4 is 24.3 Å². The molecule has 0 heterocycles. The molecule has 118 valence electrons. The number of hydrogen-bond donors (Lipinski definition) is 0. The van der Waals surface area contributed by atoms with Gasteiger partial charge in [0.05, 0.1) is 0 Å². The zero-order valence-corrected chi connectivity index (χ0v) is 12.8. The van der Waals surface area contributed by atoms with E-state index >= 15 is 0 Å². The second-order valence-electron chi connectivity index (χ2n) is 7.05. The highest BCUT2D eigenvalue weighted by Gasteiger charge is 2.18. The number of rotatable bonds is 0. The van der Waals surface area contributed by atoms with Crippen LogP contribution in [-0.4, -0.2) is 0 Å². The molecule has 0 nitrogen and oxygen atoms in total. The zero-order chi connectivity index (χ0) is 14.4. The first kappa shape index (κ1) is 18.2. The van der Waals surface area contributed by atoms with E-state index in [0.717, 1.165) is 0 Å². The highest BCUT2D eigenvalue weighted by molar-refractivity contribution is 5.82. The van der Waals surface area contributed by atoms with Crippen molar-refractivity contribution in [3.63, 3.8) is 0 Å². The Balaban J connectivity index is 0.00000121. The molecule has 0 aromatic heterocycles. The molecule has 0 aliphatic heterocycles. The van der Waals surface area contributed by atoms with Crippen LogP contribution in [0.5, 0.6) is 0 Å². The smallest absolute Gasteiger partial charge is 0.00111 e. The number of hydrogen-bond acceptors (Lipinski definition) is 0. The number of benzene rings is 1. The Labute approximate surface area is 137 Å². The maximum atomic E-state index is 2.29. The second kappa shape index (κ2) is 6.12. The monoisotopic (exact) mass is 294 g/mol. The minimum absolute atomic E-state index is 0. The van der Waals surface area contributed by atoms with Crippen molar-refractivity contribution < 1.29 is 0 Å². The lowest BCUT2D eigenvalue weighted by Gasteiger charge is -2.12. The minimum Gasteiger partial charge on any atom is -0.0776 e. The third-order valence-electron chi connectivity index (χ3n) is 4.10. The molecule has 0 heteroatoms. The zero-order valence-electron chi connectivity index (χ0n) is 12.8. The first-order chi connectivity index (χ1) is 9.36. The lowest BCUT2D eigenvalue weighted by molar-refractivity contribution is 0.633. The van der Waals surface area contributed by atoms with Crippen LogP contribution < -0.4 is 0 Å². The SMILES string of the molecule is C.C.CC1(C)C=Cc2ccc3c(c2C=C1)C=CC(C)(C)C=C3. The summed E-state index contributed by atoms with van der Waals surface area (Å²) in [6.07, 6.45) is 18.2. The summed E-state index contributed by atoms with van der Waals surface area (Å²) >= 11 is 0. The minimum atomic E-state index is 0. The molecule has 0 atom stereocenters. The van der Waals surface area contributed by atoms with E-state index in [-0.39, 0.29) is 25.7 Å². The Bertz CT molecular complexity index is 603. The van der Waals surface area contributed by atoms with Gasteiger partial charge in [-0.05, 0) is 22.3 Å². The molecule has 2 aliphatic carbocycles. The molecule has 2 aliphatic rings. The van der Waals surface area contributed by atoms with Crippen molar-refractivity contribution in [2.45, 2.75) is 42.5 Å². The van der Waals surface area contributed by atoms with Crippen molar-refractivity contribution in [2.75, 3.05) is 0 Å². The Morgan fingerprint density at radius 1 is 0.545 bits per heavy atom. The van der Waals surface area contributed by atoms with E-state index in [2.05, 4.69) is 88.4 Å². The van der Waals surface area contributed by atoms with Gasteiger partial charge in [-0.1, -0.05) is 103 Å². The van der Waals surface area contributed by atoms with Gasteiger partial charge in [-0.15, -0.1) is 0 Å². The molecule has 0 fully saturated rings. The second-order valence-corrected chi connectivity index (χ2v) is 7.05. The van der Waals surface area contributed by atoms with Crippen molar-refractivity contribution in [3.05, 3.63) is 58.7 Å². The van der Waals surface area contributed by atoms with Crippen LogP contribution in [0.4, 0.5) is 0 Å². The third kappa shape index (κ3) is 3.50. The standard InChI is InChI=1S/C20H22.2CH4/c1-19(2)11-7-15-5-6-16-8-12-20(3,4)14-10-18(16)17(15)9-13-19;;/h5-14H,1-4H3;2*1H4. The number of fused-ring (bicyclic) bond motifs is 3. The lowest BCUT2D eigenvalue weighted by atomic mass is 9.92. The molecule has 0 radical (unpaired) electrons. The van der Waals surface area contributed by atoms with E-state index in [9.17, 15) is 0 Å². The van der Waals surface area contributed by atoms with E-state index in [4.69, 9.17) is 0 Å². The number of allylic oxidation sites excluding steroid dienone is 4. The average Bonchev–Trinajstić information content (AvgIpc) is 2.63. The van der Waals surface area contributed by atoms with Gasteiger partial charge in [0.2, 0.25) is 0 Å². The fraction of sp³-hybridized carbons (Fsp3) is 0.364. The van der Waals surface area contributed by atoms with Crippen LogP contribution >= 0.6 is 0 Å². The van der Waals surface area contributed by atoms with Gasteiger partial charge in [-0.3, -0.25) is 0 Å². The average molecular weight is 294 g/mol. The summed E-state index contributed by atoms with van der Waals surface area (Å²) in [5, 5.41) is 0. The van der Waals surface area contributed by atoms with Crippen LogP contribution in [0.2, 0.25) is 0 Å². The first-order valence-electron chi connectivity index (χ1n) is 7.30. The third-order valence-corrected chi connectivity index (χ3v) is 4.10. The molecular weight excluding hydrogens is 264 g/mol. The molecule has 0 N–H and O–H groups in total. The van der Waals surface area contributed by atoms with Gasteiger partial charge in [0.15, 0.2) is 0 Å². The van der Waals surface area contributed by atoms with Crippen molar-refractivity contribution in [1.82, 2.24) is 0 Å². The molecule has 3 rings (SSSR count). The van der Waals surface area contributed by atoms with Gasteiger partial charge in [0.25, 0.3) is 0 Å². The summed E-state index contributed by atoms with van der Waals surface area (Å²) in [6, 6.07) is 4.46. The fourth-order valence-electron chi connectivity index (χ4n) is 2.65. The predicted octanol–water partition coefficient (Wildman–Crippen LogP) is 7.09. The Kier molecular flexibility index (Phi) is 5.07. The van der Waals surface area contributed by atoms with Gasteiger partial charge < -0.3 is 0 Å². The van der Waals surface area contributed by atoms with Crippen LogP contribution in [-0.2, 0) is 0 Å². The fourth-order valence-corrected chi connectivity index (χ4v) is 2.65. The lowest BCUT2D eigenvalue weighted by Crippen LogP contribution is -2.00. The normalized spacial score (nSPS) is 19.1. The van der Waals surface area contributed by atoms with Crippen molar-refractivity contribution in [3.8, 4) is 0 Å². The van der Waals surface area contributed by atoms with Crippen LogP contribution in [0.15, 0.2) is 36.4 Å². The predicted molar refractivity (Wildman–Crippen MR) is 104 cm³/mol. The molecule has 0 bridgehead atoms. The Hall–Kier alpha value is -1.82. The summed E-state index contributed by atoms with van der Waals surface area (Å²) in [4.78, 5) is 0. The summed E-state index contributed by atoms with van der Waals surface area (Å²) in [6.45, 7) is 8.96. The van der Waals surface area contributed by atoms with E-state index in [0.29, 0.717) is 0 Å². The van der Waals surface area contributed by atoms with Crippen LogP contribution in [0.25, 0.3) is 24.3 Å². The molecule has 0 saturated heterocycles. The van der Waals surface area contributed by atoms with Gasteiger partial charge >= 0.3 is 0 Å². The Morgan fingerprint density at radius 3 is 1.23 bits per heavy atom. The highest BCUT2D eigenvalue weighted by atomic mass is 14.2. The maximum absolute atomic E-state index is 2.29. The van der Waals surface area contributed by atoms with Crippen LogP contribution in [0.1, 0.15) is 64.8 Å². The molecule has 0 saturated carbocycles. The van der Waals surface area contributed by atoms with Gasteiger partial charge in [0, 0.05) is 10.8 Å². The van der Waals surface area contributed by atoms with Gasteiger partial charge in [0.1, 0.15) is 0 Å². The largest absolute Gasteiger partial charge is 0.0776 e. The topological polar surface area (TPSA) is 0 Å². The molecule has 1 aromatic rings. The molecule has 0 unspecified atom stereocenters. The van der Waals surface area contributed by atoms with E-state index in [1.807, 2.05) is 0 Å². The summed E-state index contributed by atoms with van der Waals surface area (Å²) in [5.41, 5.74) is 5.53. The molecule has 1 aromatic carbocycles. The molecule has 0 spiro atoms. The summed E-state index contributed by atoms with van der Waals surface area (Å²) < 4.78 is 0.